The predicted molar refractivity (Wildman–Crippen MR) is 69.0 cm³/mol. The lowest BCUT2D eigenvalue weighted by molar-refractivity contribution is -0.179. The highest BCUT2D eigenvalue weighted by Crippen LogP contribution is 2.31. The van der Waals surface area contributed by atoms with Gasteiger partial charge in [0, 0.05) is 13.1 Å². The zero-order chi connectivity index (χ0) is 18.6. The average Bonchev–Trinajstić information content (AvgIpc) is 2.39. The fraction of sp³-hybridized carbons (Fsp3) is 0.500. The van der Waals surface area contributed by atoms with Gasteiger partial charge in [0.05, 0.1) is 0 Å². The van der Waals surface area contributed by atoms with E-state index in [-0.39, 0.29) is 6.54 Å². The number of hydrogen-bond acceptors (Lipinski definition) is 7. The Hall–Kier alpha value is -2.93. The van der Waals surface area contributed by atoms with E-state index < -0.39 is 52.6 Å². The number of nitrogens with two attached hydrogens (primary N) is 1. The maximum atomic E-state index is 11.5. The molecule has 2 amide bonds. The van der Waals surface area contributed by atoms with Gasteiger partial charge in [-0.25, -0.2) is 19.2 Å². The molecule has 1 atom stereocenters. The van der Waals surface area contributed by atoms with Gasteiger partial charge in [-0.1, -0.05) is 0 Å². The van der Waals surface area contributed by atoms with Crippen LogP contribution in [0.2, 0.25) is 0 Å². The third kappa shape index (κ3) is 3.00. The predicted octanol–water partition coefficient (Wildman–Crippen LogP) is -2.06. The third-order valence-electron chi connectivity index (χ3n) is 3.11. The Morgan fingerprint density at radius 2 is 1.30 bits per heavy atom. The summed E-state index contributed by atoms with van der Waals surface area (Å²) in [7, 11) is 0. The van der Waals surface area contributed by atoms with Crippen molar-refractivity contribution in [3.05, 3.63) is 0 Å². The van der Waals surface area contributed by atoms with Gasteiger partial charge in [0.1, 0.15) is 0 Å². The monoisotopic (exact) mass is 337 g/mol. The van der Waals surface area contributed by atoms with Gasteiger partial charge in [-0.15, -0.1) is 0 Å². The second-order valence-corrected chi connectivity index (χ2v) is 4.37. The van der Waals surface area contributed by atoms with Crippen molar-refractivity contribution < 1.29 is 49.5 Å². The minimum absolute atomic E-state index is 0.266. The standard InChI is InChI=1S/C10H15N3O10/c1-9(4(14)15,12-3-2-11)10(5(16)17,6(18)19)13(7(20)21)8(22)23/h12H,2-3,11H2,1H3,(H,14,15)(H,16,17)(H,18,19)(H,20,21)(H,22,23). The van der Waals surface area contributed by atoms with Crippen molar-refractivity contribution in [2.75, 3.05) is 13.1 Å². The average molecular weight is 337 g/mol. The number of carboxylic acids is 3. The minimum Gasteiger partial charge on any atom is -0.480 e. The molecule has 0 saturated carbocycles. The van der Waals surface area contributed by atoms with Crippen LogP contribution >= 0.6 is 0 Å². The van der Waals surface area contributed by atoms with Crippen LogP contribution in [-0.2, 0) is 14.4 Å². The topological polar surface area (TPSA) is 228 Å². The number of aliphatic carboxylic acids is 3. The Balaban J connectivity index is 6.83. The largest absolute Gasteiger partial charge is 0.480 e. The van der Waals surface area contributed by atoms with E-state index in [4.69, 9.17) is 15.9 Å². The van der Waals surface area contributed by atoms with Crippen LogP contribution in [0.3, 0.4) is 0 Å². The normalized spacial score (nSPS) is 13.7. The molecule has 0 saturated heterocycles. The van der Waals surface area contributed by atoms with Crippen molar-refractivity contribution in [3.8, 4) is 0 Å². The van der Waals surface area contributed by atoms with E-state index in [1.165, 1.54) is 0 Å². The van der Waals surface area contributed by atoms with Crippen LogP contribution in [0.5, 0.6) is 0 Å². The smallest absolute Gasteiger partial charge is 0.418 e. The van der Waals surface area contributed by atoms with E-state index in [0.29, 0.717) is 6.92 Å². The highest BCUT2D eigenvalue weighted by Gasteiger charge is 2.71. The number of imide groups is 1. The zero-order valence-electron chi connectivity index (χ0n) is 11.7. The number of carboxylic acid groups (broad SMARTS) is 5. The first-order chi connectivity index (χ1) is 10.4. The molecule has 0 spiro atoms. The van der Waals surface area contributed by atoms with Gasteiger partial charge in [-0.3, -0.25) is 10.1 Å². The number of carbonyl (C=O) groups is 5. The van der Waals surface area contributed by atoms with Crippen LogP contribution in [0.4, 0.5) is 9.59 Å². The number of rotatable bonds is 8. The summed E-state index contributed by atoms with van der Waals surface area (Å²) >= 11 is 0. The molecule has 0 aromatic heterocycles. The van der Waals surface area contributed by atoms with Crippen molar-refractivity contribution in [1.82, 2.24) is 10.2 Å². The Morgan fingerprint density at radius 1 is 0.913 bits per heavy atom. The lowest BCUT2D eigenvalue weighted by Gasteiger charge is -2.43. The molecular weight excluding hydrogens is 322 g/mol. The van der Waals surface area contributed by atoms with Crippen LogP contribution in [0.1, 0.15) is 6.92 Å². The summed E-state index contributed by atoms with van der Waals surface area (Å²) in [6.45, 7) is -0.164. The Bertz CT molecular complexity index is 519. The quantitative estimate of drug-likeness (QED) is 0.237. The second kappa shape index (κ2) is 6.89. The third-order valence-corrected chi connectivity index (χ3v) is 3.11. The molecule has 0 rings (SSSR count). The number of nitrogens with zero attached hydrogens (tertiary/aromatic N) is 1. The molecule has 0 aromatic carbocycles. The van der Waals surface area contributed by atoms with Crippen molar-refractivity contribution in [2.24, 2.45) is 5.73 Å². The summed E-state index contributed by atoms with van der Waals surface area (Å²) in [5.74, 6) is -7.13. The molecule has 0 fully saturated rings. The molecule has 0 heterocycles. The van der Waals surface area contributed by atoms with E-state index >= 15 is 0 Å². The summed E-state index contributed by atoms with van der Waals surface area (Å²) in [6.07, 6.45) is -4.96. The van der Waals surface area contributed by atoms with E-state index in [9.17, 15) is 39.3 Å². The molecule has 1 unspecified atom stereocenters. The number of nitrogens with one attached hydrogen (secondary N) is 1. The van der Waals surface area contributed by atoms with Crippen LogP contribution in [-0.4, -0.2) is 84.7 Å². The maximum Gasteiger partial charge on any atom is 0.418 e. The van der Waals surface area contributed by atoms with E-state index in [0.717, 1.165) is 0 Å². The summed E-state index contributed by atoms with van der Waals surface area (Å²) in [4.78, 5) is 55.8. The molecule has 13 heteroatoms. The van der Waals surface area contributed by atoms with E-state index in [1.54, 1.807) is 0 Å². The molecule has 0 aliphatic rings. The lowest BCUT2D eigenvalue weighted by atomic mass is 9.76. The molecule has 0 radical (unpaired) electrons. The molecule has 130 valence electrons. The fourth-order valence-electron chi connectivity index (χ4n) is 1.98. The minimum atomic E-state index is -3.91. The number of amides is 2. The van der Waals surface area contributed by atoms with Gasteiger partial charge in [-0.05, 0) is 6.92 Å². The van der Waals surface area contributed by atoms with E-state index in [1.807, 2.05) is 5.32 Å². The van der Waals surface area contributed by atoms with Gasteiger partial charge in [0.2, 0.25) is 0 Å². The Morgan fingerprint density at radius 3 is 1.52 bits per heavy atom. The van der Waals surface area contributed by atoms with Gasteiger partial charge in [0.25, 0.3) is 5.54 Å². The lowest BCUT2D eigenvalue weighted by Crippen LogP contribution is -2.80. The first kappa shape index (κ1) is 20.1. The molecule has 0 aliphatic carbocycles. The summed E-state index contributed by atoms with van der Waals surface area (Å²) < 4.78 is 0. The van der Waals surface area contributed by atoms with Crippen LogP contribution in [0, 0.1) is 0 Å². The van der Waals surface area contributed by atoms with Gasteiger partial charge in [0.15, 0.2) is 5.54 Å². The van der Waals surface area contributed by atoms with Gasteiger partial charge >= 0.3 is 30.1 Å². The summed E-state index contributed by atoms with van der Waals surface area (Å²) in [5, 5.41) is 47.6. The van der Waals surface area contributed by atoms with Crippen LogP contribution in [0.25, 0.3) is 0 Å². The molecule has 23 heavy (non-hydrogen) atoms. The summed E-state index contributed by atoms with van der Waals surface area (Å²) in [6, 6.07) is 0. The fourth-order valence-corrected chi connectivity index (χ4v) is 1.98. The van der Waals surface area contributed by atoms with Gasteiger partial charge in [-0.2, -0.15) is 4.90 Å². The molecular formula is C10H15N3O10. The molecule has 0 bridgehead atoms. The Kier molecular flexibility index (Phi) is 6.01. The second-order valence-electron chi connectivity index (χ2n) is 4.37. The highest BCUT2D eigenvalue weighted by molar-refractivity contribution is 6.15. The molecule has 0 aliphatic heterocycles. The van der Waals surface area contributed by atoms with Crippen molar-refractivity contribution in [1.29, 1.82) is 0 Å². The Labute approximate surface area is 127 Å². The van der Waals surface area contributed by atoms with Crippen molar-refractivity contribution >= 4 is 30.1 Å². The zero-order valence-corrected chi connectivity index (χ0v) is 11.7. The highest BCUT2D eigenvalue weighted by atomic mass is 16.5. The molecule has 8 N–H and O–H groups in total. The molecule has 13 nitrogen and oxygen atoms in total. The van der Waals surface area contributed by atoms with Gasteiger partial charge < -0.3 is 31.3 Å². The first-order valence-electron chi connectivity index (χ1n) is 5.82. The van der Waals surface area contributed by atoms with Crippen molar-refractivity contribution in [3.63, 3.8) is 0 Å². The molecule has 0 aromatic rings. The van der Waals surface area contributed by atoms with Crippen molar-refractivity contribution in [2.45, 2.75) is 18.0 Å². The summed E-state index contributed by atoms with van der Waals surface area (Å²) in [5.41, 5.74) is -1.84. The maximum absolute atomic E-state index is 11.5. The number of hydrogen-bond donors (Lipinski definition) is 7. The first-order valence-corrected chi connectivity index (χ1v) is 5.82. The van der Waals surface area contributed by atoms with Crippen LogP contribution < -0.4 is 11.1 Å². The SMILES string of the molecule is CC(NCCN)(C(=O)O)C(C(=O)O)(C(=O)O)N(C(=O)O)C(=O)O. The van der Waals surface area contributed by atoms with E-state index in [2.05, 4.69) is 0 Å². The van der Waals surface area contributed by atoms with Crippen LogP contribution in [0.15, 0.2) is 0 Å².